The Morgan fingerprint density at radius 1 is 0.756 bits per heavy atom. The van der Waals surface area contributed by atoms with E-state index in [0.29, 0.717) is 55.6 Å². The number of fused-ring (bicyclic) bond motifs is 1. The summed E-state index contributed by atoms with van der Waals surface area (Å²) in [6, 6.07) is 14.9. The van der Waals surface area contributed by atoms with Gasteiger partial charge in [0.25, 0.3) is 11.1 Å². The Labute approximate surface area is 240 Å². The van der Waals surface area contributed by atoms with Gasteiger partial charge in [0.15, 0.2) is 15.9 Å². The Morgan fingerprint density at radius 3 is 1.85 bits per heavy atom. The van der Waals surface area contributed by atoms with E-state index in [1.54, 1.807) is 56.3 Å². The number of carbonyl (C=O) groups is 2. The number of aromatic nitrogens is 5. The first-order chi connectivity index (χ1) is 19.7. The summed E-state index contributed by atoms with van der Waals surface area (Å²) in [4.78, 5) is 66.0. The number of oxazole rings is 1. The highest BCUT2D eigenvalue weighted by Gasteiger charge is 2.12. The molecule has 0 spiro atoms. The van der Waals surface area contributed by atoms with Crippen LogP contribution in [0, 0.1) is 13.8 Å². The molecule has 0 aliphatic carbocycles. The fourth-order valence-corrected chi connectivity index (χ4v) is 5.17. The number of amides is 2. The molecule has 0 unspecified atom stereocenters. The highest BCUT2D eigenvalue weighted by Crippen LogP contribution is 2.27. The molecule has 0 saturated heterocycles. The lowest BCUT2D eigenvalue weighted by atomic mass is 10.2. The van der Waals surface area contributed by atoms with Gasteiger partial charge in [0.1, 0.15) is 5.52 Å². The second kappa shape index (κ2) is 12.2. The first-order valence-electron chi connectivity index (χ1n) is 12.2. The number of rotatable bonds is 9. The summed E-state index contributed by atoms with van der Waals surface area (Å²) in [7, 11) is 0. The van der Waals surface area contributed by atoms with Crippen LogP contribution in [0.15, 0.2) is 78.9 Å². The molecule has 3 heterocycles. The number of carbonyl (C=O) groups excluding carboxylic acids is 2. The lowest BCUT2D eigenvalue weighted by Gasteiger charge is -2.05. The average Bonchev–Trinajstić information content (AvgIpc) is 3.34. The second-order valence-corrected chi connectivity index (χ2v) is 10.8. The Hall–Kier alpha value is -4.69. The monoisotopic (exact) mass is 589 g/mol. The normalized spacial score (nSPS) is 11.0. The molecule has 12 nitrogen and oxygen atoms in total. The summed E-state index contributed by atoms with van der Waals surface area (Å²) >= 11 is 2.27. The van der Waals surface area contributed by atoms with Crippen molar-refractivity contribution in [1.82, 2.24) is 24.9 Å². The van der Waals surface area contributed by atoms with Gasteiger partial charge in [-0.25, -0.2) is 15.0 Å². The van der Waals surface area contributed by atoms with Gasteiger partial charge in [-0.3, -0.25) is 19.2 Å². The first kappa shape index (κ1) is 27.9. The van der Waals surface area contributed by atoms with Crippen LogP contribution >= 0.6 is 23.5 Å². The van der Waals surface area contributed by atoms with E-state index in [0.717, 1.165) is 23.5 Å². The number of anilines is 2. The van der Waals surface area contributed by atoms with Crippen molar-refractivity contribution in [2.45, 2.75) is 24.2 Å². The summed E-state index contributed by atoms with van der Waals surface area (Å²) < 4.78 is 5.87. The fourth-order valence-electron chi connectivity index (χ4n) is 3.73. The van der Waals surface area contributed by atoms with Crippen molar-refractivity contribution in [3.8, 4) is 11.5 Å². The van der Waals surface area contributed by atoms with Crippen LogP contribution < -0.4 is 21.8 Å². The summed E-state index contributed by atoms with van der Waals surface area (Å²) in [6.45, 7) is 3.43. The number of H-pyrrole nitrogens is 2. The standard InChI is InChI=1S/C27H23N7O5S2/c1-14-9-21(35)33-26(28-14)40-12-23(37)30-17-5-3-16(4-6-17)25-32-19-11-18(7-8-20(19)39-25)31-24(38)13-41-27-29-15(2)10-22(36)34-27/h3-11H,12-13H2,1-2H3,(H,30,37)(H,31,38)(H,28,33,35)(H,29,34,36). The number of thioether (sulfide) groups is 2. The van der Waals surface area contributed by atoms with E-state index in [4.69, 9.17) is 4.42 Å². The van der Waals surface area contributed by atoms with E-state index in [9.17, 15) is 19.2 Å². The number of hydrogen-bond donors (Lipinski definition) is 4. The van der Waals surface area contributed by atoms with E-state index in [2.05, 4.69) is 35.6 Å². The predicted molar refractivity (Wildman–Crippen MR) is 157 cm³/mol. The van der Waals surface area contributed by atoms with E-state index in [-0.39, 0.29) is 34.4 Å². The minimum atomic E-state index is -0.266. The zero-order valence-corrected chi connectivity index (χ0v) is 23.4. The van der Waals surface area contributed by atoms with E-state index >= 15 is 0 Å². The molecule has 2 aromatic carbocycles. The number of nitrogens with zero attached hydrogens (tertiary/aromatic N) is 3. The van der Waals surface area contributed by atoms with Gasteiger partial charge in [-0.2, -0.15) is 0 Å². The Bertz CT molecular complexity index is 1870. The van der Waals surface area contributed by atoms with Gasteiger partial charge in [-0.15, -0.1) is 0 Å². The highest BCUT2D eigenvalue weighted by atomic mass is 32.2. The molecular formula is C27H23N7O5S2. The lowest BCUT2D eigenvalue weighted by Crippen LogP contribution is -2.15. The number of aryl methyl sites for hydroxylation is 2. The Balaban J connectivity index is 1.17. The number of nitrogens with one attached hydrogen (secondary N) is 4. The van der Waals surface area contributed by atoms with Gasteiger partial charge in [-0.05, 0) is 56.3 Å². The maximum absolute atomic E-state index is 12.4. The number of aromatic amines is 2. The van der Waals surface area contributed by atoms with E-state index in [1.807, 2.05) is 0 Å². The molecule has 0 radical (unpaired) electrons. The summed E-state index contributed by atoms with van der Waals surface area (Å²) in [5, 5.41) is 6.38. The summed E-state index contributed by atoms with van der Waals surface area (Å²) in [5.41, 5.74) is 3.59. The van der Waals surface area contributed by atoms with Crippen LogP contribution in [0.4, 0.5) is 11.4 Å². The molecule has 0 fully saturated rings. The minimum absolute atomic E-state index is 0.0679. The molecule has 0 aliphatic rings. The lowest BCUT2D eigenvalue weighted by molar-refractivity contribution is -0.114. The van der Waals surface area contributed by atoms with Crippen LogP contribution in [0.2, 0.25) is 0 Å². The van der Waals surface area contributed by atoms with Gasteiger partial charge in [0, 0.05) is 40.5 Å². The Morgan fingerprint density at radius 2 is 1.29 bits per heavy atom. The first-order valence-corrected chi connectivity index (χ1v) is 14.2. The molecule has 2 amide bonds. The van der Waals surface area contributed by atoms with Crippen molar-refractivity contribution in [2.75, 3.05) is 22.1 Å². The van der Waals surface area contributed by atoms with Crippen molar-refractivity contribution in [3.63, 3.8) is 0 Å². The van der Waals surface area contributed by atoms with Gasteiger partial charge in [-0.1, -0.05) is 23.5 Å². The van der Waals surface area contributed by atoms with Gasteiger partial charge < -0.3 is 25.0 Å². The molecule has 41 heavy (non-hydrogen) atoms. The third-order valence-electron chi connectivity index (χ3n) is 5.46. The maximum Gasteiger partial charge on any atom is 0.251 e. The Kier molecular flexibility index (Phi) is 8.31. The van der Waals surface area contributed by atoms with Crippen molar-refractivity contribution in [1.29, 1.82) is 0 Å². The van der Waals surface area contributed by atoms with Crippen LogP contribution in [-0.2, 0) is 9.59 Å². The predicted octanol–water partition coefficient (Wildman–Crippen LogP) is 3.74. The van der Waals surface area contributed by atoms with Crippen LogP contribution in [0.25, 0.3) is 22.6 Å². The van der Waals surface area contributed by atoms with E-state index in [1.165, 1.54) is 12.1 Å². The molecule has 0 bridgehead atoms. The van der Waals surface area contributed by atoms with E-state index < -0.39 is 0 Å². The zero-order valence-electron chi connectivity index (χ0n) is 21.8. The minimum Gasteiger partial charge on any atom is -0.436 e. The van der Waals surface area contributed by atoms with Crippen molar-refractivity contribution >= 4 is 57.8 Å². The van der Waals surface area contributed by atoms with Crippen molar-refractivity contribution in [2.24, 2.45) is 0 Å². The molecular weight excluding hydrogens is 566 g/mol. The molecule has 5 rings (SSSR count). The third-order valence-corrected chi connectivity index (χ3v) is 7.21. The number of benzene rings is 2. The third kappa shape index (κ3) is 7.49. The summed E-state index contributed by atoms with van der Waals surface area (Å²) in [5.74, 6) is 0.0284. The number of hydrogen-bond acceptors (Lipinski definition) is 10. The van der Waals surface area contributed by atoms with Gasteiger partial charge >= 0.3 is 0 Å². The van der Waals surface area contributed by atoms with Crippen LogP contribution in [0.1, 0.15) is 11.4 Å². The smallest absolute Gasteiger partial charge is 0.251 e. The van der Waals surface area contributed by atoms with Crippen LogP contribution in [-0.4, -0.2) is 48.2 Å². The molecule has 5 aromatic rings. The molecule has 3 aromatic heterocycles. The average molecular weight is 590 g/mol. The van der Waals surface area contributed by atoms with Gasteiger partial charge in [0.2, 0.25) is 17.7 Å². The zero-order chi connectivity index (χ0) is 28.9. The fraction of sp³-hybridized carbons (Fsp3) is 0.148. The molecule has 0 aliphatic heterocycles. The van der Waals surface area contributed by atoms with Crippen LogP contribution in [0.3, 0.4) is 0 Å². The highest BCUT2D eigenvalue weighted by molar-refractivity contribution is 8.00. The SMILES string of the molecule is Cc1cc(=O)[nH]c(SCC(=O)Nc2ccc(-c3nc4cc(NC(=O)CSc5nc(C)cc(=O)[nH]5)ccc4o3)cc2)n1. The van der Waals surface area contributed by atoms with Crippen molar-refractivity contribution < 1.29 is 14.0 Å². The molecule has 0 saturated carbocycles. The molecule has 208 valence electrons. The van der Waals surface area contributed by atoms with Crippen molar-refractivity contribution in [3.05, 3.63) is 86.7 Å². The topological polar surface area (TPSA) is 176 Å². The van der Waals surface area contributed by atoms with Crippen LogP contribution in [0.5, 0.6) is 0 Å². The molecule has 0 atom stereocenters. The molecule has 4 N–H and O–H groups in total. The quantitative estimate of drug-likeness (QED) is 0.146. The molecule has 14 heteroatoms. The van der Waals surface area contributed by atoms with Gasteiger partial charge in [0.05, 0.1) is 11.5 Å². The largest absolute Gasteiger partial charge is 0.436 e. The maximum atomic E-state index is 12.4. The second-order valence-electron chi connectivity index (χ2n) is 8.84. The summed E-state index contributed by atoms with van der Waals surface area (Å²) in [6.07, 6.45) is 0.